The molecule has 212 valence electrons. The highest BCUT2D eigenvalue weighted by Gasteiger charge is 2.58. The van der Waals surface area contributed by atoms with Crippen molar-refractivity contribution in [1.29, 1.82) is 0 Å². The third-order valence-electron chi connectivity index (χ3n) is 5.11. The Labute approximate surface area is 226 Å². The van der Waals surface area contributed by atoms with Crippen molar-refractivity contribution in [2.24, 2.45) is 21.6 Å². The van der Waals surface area contributed by atoms with E-state index in [0.29, 0.717) is 29.6 Å². The van der Waals surface area contributed by atoms with Crippen LogP contribution in [0.4, 0.5) is 5.13 Å². The summed E-state index contributed by atoms with van der Waals surface area (Å²) in [6.07, 6.45) is 1.45. The molecule has 2 aromatic rings. The molecular weight excluding hydrogens is 558 g/mol. The molecule has 2 amide bonds. The molecule has 2 aromatic heterocycles. The van der Waals surface area contributed by atoms with Crippen LogP contribution >= 0.6 is 11.3 Å². The second-order valence-electron chi connectivity index (χ2n) is 8.32. The number of nitrogen functional groups attached to an aromatic ring is 1. The second kappa shape index (κ2) is 12.3. The van der Waals surface area contributed by atoms with E-state index in [1.54, 1.807) is 12.1 Å². The molecule has 1 atom stereocenters. The molecule has 1 aliphatic rings. The number of amidine groups is 1. The molecule has 1 aliphatic heterocycles. The molecule has 17 nitrogen and oxygen atoms in total. The van der Waals surface area contributed by atoms with Gasteiger partial charge in [0, 0.05) is 11.9 Å². The summed E-state index contributed by atoms with van der Waals surface area (Å²) < 4.78 is 40.7. The van der Waals surface area contributed by atoms with E-state index in [2.05, 4.69) is 29.7 Å². The molecule has 0 spiro atoms. The first-order chi connectivity index (χ1) is 18.3. The molecule has 0 aliphatic carbocycles. The van der Waals surface area contributed by atoms with Gasteiger partial charge in [0.05, 0.1) is 18.3 Å². The molecule has 1 fully saturated rings. The fourth-order valence-electron chi connectivity index (χ4n) is 3.21. The molecule has 3 rings (SSSR count). The molecule has 3 heterocycles. The van der Waals surface area contributed by atoms with Gasteiger partial charge in [-0.2, -0.15) is 13.5 Å². The van der Waals surface area contributed by atoms with Crippen LogP contribution in [-0.4, -0.2) is 89.2 Å². The number of hydroxylamine groups is 2. The summed E-state index contributed by atoms with van der Waals surface area (Å²) in [5.41, 5.74) is 15.8. The molecular formula is C20H27N9O8S2. The standard InChI is InChI=1S/C20H27N9O8S2/c1-20(2)15(18(31)29(20)37-39(32,33)34)27-17(30)14(13-10-38-19(23)26-13)28-36-8-7-35-11-3-4-12(25-9-11)16(22)24-6-5-21/h3-4,9-10,15H,5-8,21H2,1-2H3,(H2,22,24)(H2,23,26)(H,27,30)(H,32,33,34)/t15-/m1/s1. The van der Waals surface area contributed by atoms with Crippen LogP contribution in [0.5, 0.6) is 5.75 Å². The molecule has 19 heteroatoms. The van der Waals surface area contributed by atoms with Gasteiger partial charge in [0.25, 0.3) is 11.8 Å². The monoisotopic (exact) mass is 585 g/mol. The largest absolute Gasteiger partial charge is 0.488 e. The Kier molecular flexibility index (Phi) is 9.35. The van der Waals surface area contributed by atoms with Crippen molar-refractivity contribution in [3.05, 3.63) is 35.1 Å². The van der Waals surface area contributed by atoms with Crippen molar-refractivity contribution < 1.29 is 36.4 Å². The van der Waals surface area contributed by atoms with E-state index in [-0.39, 0.29) is 35.6 Å². The number of carbonyl (C=O) groups excluding carboxylic acids is 2. The number of hydrogen-bond acceptors (Lipinski definition) is 14. The van der Waals surface area contributed by atoms with Crippen molar-refractivity contribution in [2.75, 3.05) is 32.0 Å². The van der Waals surface area contributed by atoms with Gasteiger partial charge in [0.2, 0.25) is 0 Å². The zero-order chi connectivity index (χ0) is 28.8. The molecule has 0 aromatic carbocycles. The van der Waals surface area contributed by atoms with Crippen LogP contribution in [0.25, 0.3) is 0 Å². The topological polar surface area (TPSA) is 260 Å². The summed E-state index contributed by atoms with van der Waals surface area (Å²) in [7, 11) is -4.95. The number of nitrogens with zero attached hydrogens (tertiary/aromatic N) is 5. The third-order valence-corrected chi connectivity index (χ3v) is 6.12. The number of anilines is 1. The summed E-state index contributed by atoms with van der Waals surface area (Å²) in [6.45, 7) is 3.53. The Bertz CT molecular complexity index is 1360. The normalized spacial score (nSPS) is 17.5. The lowest BCUT2D eigenvalue weighted by Gasteiger charge is -2.50. The SMILES string of the molecule is CC1(C)[C@H](NC(=O)C(=NOCCOc2ccc(C(N)=NCCN)nc2)c2csc(N)n2)C(=O)N1OS(=O)(=O)O. The summed E-state index contributed by atoms with van der Waals surface area (Å²) >= 11 is 1.05. The number of amides is 2. The minimum atomic E-state index is -4.95. The first-order valence-electron chi connectivity index (χ1n) is 11.2. The van der Waals surface area contributed by atoms with Gasteiger partial charge >= 0.3 is 10.4 Å². The van der Waals surface area contributed by atoms with E-state index < -0.39 is 33.8 Å². The van der Waals surface area contributed by atoms with Gasteiger partial charge in [0.1, 0.15) is 35.6 Å². The number of hydrogen-bond donors (Lipinski definition) is 5. The first-order valence-corrected chi connectivity index (χ1v) is 13.4. The first kappa shape index (κ1) is 29.6. The zero-order valence-corrected chi connectivity index (χ0v) is 22.4. The van der Waals surface area contributed by atoms with Gasteiger partial charge in [-0.25, -0.2) is 9.97 Å². The van der Waals surface area contributed by atoms with Gasteiger partial charge in [-0.1, -0.05) is 5.16 Å². The Morgan fingerprint density at radius 2 is 2.05 bits per heavy atom. The van der Waals surface area contributed by atoms with E-state index >= 15 is 0 Å². The van der Waals surface area contributed by atoms with E-state index in [1.807, 2.05) is 0 Å². The maximum atomic E-state index is 13.0. The maximum Gasteiger partial charge on any atom is 0.418 e. The molecule has 39 heavy (non-hydrogen) atoms. The number of ether oxygens (including phenoxy) is 1. The fraction of sp³-hybridized carbons (Fsp3) is 0.400. The highest BCUT2D eigenvalue weighted by Crippen LogP contribution is 2.32. The fourth-order valence-corrected chi connectivity index (χ4v) is 4.21. The predicted molar refractivity (Wildman–Crippen MR) is 139 cm³/mol. The number of oxime groups is 1. The summed E-state index contributed by atoms with van der Waals surface area (Å²) in [6, 6.07) is 2.06. The van der Waals surface area contributed by atoms with Crippen molar-refractivity contribution in [3.8, 4) is 5.75 Å². The van der Waals surface area contributed by atoms with Crippen molar-refractivity contribution in [2.45, 2.75) is 25.4 Å². The van der Waals surface area contributed by atoms with Crippen LogP contribution in [0.15, 0.2) is 33.9 Å². The molecule has 1 saturated heterocycles. The van der Waals surface area contributed by atoms with E-state index in [1.165, 1.54) is 25.4 Å². The number of nitrogens with one attached hydrogen (secondary N) is 1. The molecule has 0 radical (unpaired) electrons. The molecule has 0 unspecified atom stereocenters. The number of nitrogens with two attached hydrogens (primary N) is 3. The van der Waals surface area contributed by atoms with Crippen molar-refractivity contribution in [3.63, 3.8) is 0 Å². The quantitative estimate of drug-likeness (QED) is 0.0444. The number of thiazole rings is 1. The maximum absolute atomic E-state index is 13.0. The smallest absolute Gasteiger partial charge is 0.418 e. The summed E-state index contributed by atoms with van der Waals surface area (Å²) in [5, 5.41) is 8.32. The van der Waals surface area contributed by atoms with Crippen LogP contribution in [0, 0.1) is 0 Å². The van der Waals surface area contributed by atoms with Crippen LogP contribution in [-0.2, 0) is 29.1 Å². The number of β-lactam (4-membered cyclic amide) rings is 1. The molecule has 8 N–H and O–H groups in total. The van der Waals surface area contributed by atoms with Gasteiger partial charge in [-0.15, -0.1) is 15.6 Å². The lowest BCUT2D eigenvalue weighted by molar-refractivity contribution is -0.218. The summed E-state index contributed by atoms with van der Waals surface area (Å²) in [5.74, 6) is -1.09. The third kappa shape index (κ3) is 7.57. The second-order valence-corrected chi connectivity index (χ2v) is 10.2. The van der Waals surface area contributed by atoms with E-state index in [0.717, 1.165) is 11.3 Å². The highest BCUT2D eigenvalue weighted by molar-refractivity contribution is 7.80. The van der Waals surface area contributed by atoms with Crippen LogP contribution in [0.1, 0.15) is 25.2 Å². The number of aliphatic imine (C=N–C) groups is 1. The van der Waals surface area contributed by atoms with E-state index in [9.17, 15) is 18.0 Å². The van der Waals surface area contributed by atoms with Gasteiger partial charge in [0.15, 0.2) is 17.5 Å². The Balaban J connectivity index is 1.61. The van der Waals surface area contributed by atoms with Gasteiger partial charge in [-0.3, -0.25) is 19.1 Å². The van der Waals surface area contributed by atoms with Crippen molar-refractivity contribution in [1.82, 2.24) is 20.3 Å². The number of carbonyl (C=O) groups is 2. The lowest BCUT2D eigenvalue weighted by atomic mass is 9.84. The van der Waals surface area contributed by atoms with Crippen LogP contribution in [0.3, 0.4) is 0 Å². The van der Waals surface area contributed by atoms with Crippen LogP contribution in [0.2, 0.25) is 0 Å². The summed E-state index contributed by atoms with van der Waals surface area (Å²) in [4.78, 5) is 42.8. The Hall–Kier alpha value is -3.91. The predicted octanol–water partition coefficient (Wildman–Crippen LogP) is -1.58. The minimum absolute atomic E-state index is 0.0332. The molecule has 0 bridgehead atoms. The van der Waals surface area contributed by atoms with E-state index in [4.69, 9.17) is 31.3 Å². The highest BCUT2D eigenvalue weighted by atomic mass is 32.3. The number of aromatic nitrogens is 2. The number of pyridine rings is 1. The van der Waals surface area contributed by atoms with Gasteiger partial charge < -0.3 is 32.1 Å². The average molecular weight is 586 g/mol. The average Bonchev–Trinajstić information content (AvgIpc) is 3.31. The molecule has 0 saturated carbocycles. The minimum Gasteiger partial charge on any atom is -0.488 e. The number of rotatable bonds is 13. The zero-order valence-electron chi connectivity index (χ0n) is 20.8. The Morgan fingerprint density at radius 1 is 1.31 bits per heavy atom. The van der Waals surface area contributed by atoms with Crippen LogP contribution < -0.4 is 27.3 Å². The van der Waals surface area contributed by atoms with Crippen molar-refractivity contribution >= 4 is 50.2 Å². The van der Waals surface area contributed by atoms with Gasteiger partial charge in [-0.05, 0) is 26.0 Å². The Morgan fingerprint density at radius 3 is 2.62 bits per heavy atom. The lowest BCUT2D eigenvalue weighted by Crippen LogP contribution is -2.76.